The maximum atomic E-state index is 12.0. The lowest BCUT2D eigenvalue weighted by molar-refractivity contribution is -0.125. The van der Waals surface area contributed by atoms with Gasteiger partial charge in [-0.15, -0.1) is 0 Å². The number of likely N-dealkylation sites (N-methyl/N-ethyl adjacent to an activating group) is 1. The maximum Gasteiger partial charge on any atom is 0.401 e. The van der Waals surface area contributed by atoms with Gasteiger partial charge in [-0.2, -0.15) is 13.2 Å². The summed E-state index contributed by atoms with van der Waals surface area (Å²) >= 11 is 0. The van der Waals surface area contributed by atoms with E-state index in [1.807, 2.05) is 14.0 Å². The molecule has 0 saturated heterocycles. The molecule has 5 heteroatoms. The first-order valence-corrected chi connectivity index (χ1v) is 6.36. The van der Waals surface area contributed by atoms with E-state index < -0.39 is 12.7 Å². The summed E-state index contributed by atoms with van der Waals surface area (Å²) in [5.41, 5.74) is 0. The number of alkyl halides is 3. The summed E-state index contributed by atoms with van der Waals surface area (Å²) in [5.74, 6) is 0.741. The molecule has 0 aromatic rings. The van der Waals surface area contributed by atoms with Crippen LogP contribution in [-0.2, 0) is 0 Å². The van der Waals surface area contributed by atoms with Crippen molar-refractivity contribution in [3.63, 3.8) is 0 Å². The molecule has 17 heavy (non-hydrogen) atoms. The third-order valence-electron chi connectivity index (χ3n) is 3.54. The van der Waals surface area contributed by atoms with Gasteiger partial charge in [-0.05, 0) is 32.7 Å². The predicted octanol–water partition coefficient (Wildman–Crippen LogP) is 2.65. The monoisotopic (exact) mass is 252 g/mol. The Hall–Kier alpha value is -0.290. The number of nitrogens with one attached hydrogen (secondary N) is 1. The molecule has 1 saturated carbocycles. The van der Waals surface area contributed by atoms with E-state index in [-0.39, 0.29) is 6.04 Å². The van der Waals surface area contributed by atoms with Crippen LogP contribution in [0.2, 0.25) is 0 Å². The van der Waals surface area contributed by atoms with Crippen LogP contribution in [0.15, 0.2) is 0 Å². The molecule has 1 atom stereocenters. The van der Waals surface area contributed by atoms with Crippen LogP contribution in [0.1, 0.15) is 32.6 Å². The summed E-state index contributed by atoms with van der Waals surface area (Å²) in [4.78, 5) is 2.17. The summed E-state index contributed by atoms with van der Waals surface area (Å²) in [6.45, 7) is 2.48. The fourth-order valence-electron chi connectivity index (χ4n) is 2.36. The number of nitrogens with zero attached hydrogens (tertiary/aromatic N) is 1. The van der Waals surface area contributed by atoms with Crippen LogP contribution in [0.25, 0.3) is 0 Å². The van der Waals surface area contributed by atoms with Crippen molar-refractivity contribution in [3.05, 3.63) is 0 Å². The van der Waals surface area contributed by atoms with Gasteiger partial charge in [0.2, 0.25) is 0 Å². The molecule has 1 N–H and O–H groups in total. The van der Waals surface area contributed by atoms with Crippen LogP contribution >= 0.6 is 0 Å². The first-order valence-electron chi connectivity index (χ1n) is 6.36. The minimum Gasteiger partial charge on any atom is -0.307 e. The Bertz CT molecular complexity index is 212. The molecule has 0 aromatic heterocycles. The lowest BCUT2D eigenvalue weighted by atomic mass is 10.1. The van der Waals surface area contributed by atoms with E-state index in [9.17, 15) is 13.2 Å². The zero-order valence-electron chi connectivity index (χ0n) is 10.7. The molecule has 0 spiro atoms. The molecular weight excluding hydrogens is 229 g/mol. The average molecular weight is 252 g/mol. The predicted molar refractivity (Wildman–Crippen MR) is 63.0 cm³/mol. The zero-order chi connectivity index (χ0) is 12.9. The summed E-state index contributed by atoms with van der Waals surface area (Å²) in [6.07, 6.45) is 1.04. The van der Waals surface area contributed by atoms with E-state index in [0.717, 1.165) is 12.5 Å². The Morgan fingerprint density at radius 1 is 1.29 bits per heavy atom. The normalized spacial score (nSPS) is 20.1. The lowest BCUT2D eigenvalue weighted by Crippen LogP contribution is -2.42. The highest BCUT2D eigenvalue weighted by molar-refractivity contribution is 4.74. The van der Waals surface area contributed by atoms with Gasteiger partial charge in [0, 0.05) is 19.1 Å². The fourth-order valence-corrected chi connectivity index (χ4v) is 2.36. The van der Waals surface area contributed by atoms with E-state index in [4.69, 9.17) is 0 Å². The van der Waals surface area contributed by atoms with Gasteiger partial charge in [0.05, 0.1) is 6.54 Å². The number of rotatable bonds is 6. The minimum absolute atomic E-state index is 0.151. The number of halogens is 3. The van der Waals surface area contributed by atoms with Gasteiger partial charge in [0.25, 0.3) is 0 Å². The smallest absolute Gasteiger partial charge is 0.307 e. The Morgan fingerprint density at radius 2 is 1.88 bits per heavy atom. The van der Waals surface area contributed by atoms with Gasteiger partial charge >= 0.3 is 6.18 Å². The third-order valence-corrected chi connectivity index (χ3v) is 3.54. The first kappa shape index (κ1) is 14.8. The SMILES string of the molecule is CC(CNCC(F)(F)F)N(C)CC1CCCC1. The molecule has 0 aliphatic heterocycles. The first-order chi connectivity index (χ1) is 7.88. The molecular formula is C12H23F3N2. The van der Waals surface area contributed by atoms with Crippen LogP contribution in [0, 0.1) is 5.92 Å². The second kappa shape index (κ2) is 6.59. The van der Waals surface area contributed by atoms with Gasteiger partial charge < -0.3 is 10.2 Å². The summed E-state index contributed by atoms with van der Waals surface area (Å²) in [7, 11) is 2.00. The molecule has 1 aliphatic rings. The molecule has 0 heterocycles. The fraction of sp³-hybridized carbons (Fsp3) is 1.00. The molecule has 102 valence electrons. The second-order valence-corrected chi connectivity index (χ2v) is 5.19. The molecule has 1 rings (SSSR count). The van der Waals surface area contributed by atoms with Crippen molar-refractivity contribution in [2.45, 2.75) is 44.8 Å². The van der Waals surface area contributed by atoms with Crippen molar-refractivity contribution < 1.29 is 13.2 Å². The van der Waals surface area contributed by atoms with E-state index in [2.05, 4.69) is 10.2 Å². The average Bonchev–Trinajstić information content (AvgIpc) is 2.68. The van der Waals surface area contributed by atoms with Gasteiger partial charge in [-0.1, -0.05) is 12.8 Å². The molecule has 1 unspecified atom stereocenters. The van der Waals surface area contributed by atoms with E-state index in [1.54, 1.807) is 0 Å². The van der Waals surface area contributed by atoms with Crippen LogP contribution in [-0.4, -0.2) is 43.8 Å². The molecule has 2 nitrogen and oxygen atoms in total. The van der Waals surface area contributed by atoms with Gasteiger partial charge in [-0.3, -0.25) is 0 Å². The quantitative estimate of drug-likeness (QED) is 0.782. The molecule has 0 radical (unpaired) electrons. The van der Waals surface area contributed by atoms with Crippen molar-refractivity contribution >= 4 is 0 Å². The number of hydrogen-bond donors (Lipinski definition) is 1. The Morgan fingerprint density at radius 3 is 2.41 bits per heavy atom. The Labute approximate surface area is 102 Å². The van der Waals surface area contributed by atoms with Crippen LogP contribution in [0.4, 0.5) is 13.2 Å². The van der Waals surface area contributed by atoms with E-state index in [1.165, 1.54) is 25.7 Å². The molecule has 0 amide bonds. The maximum absolute atomic E-state index is 12.0. The lowest BCUT2D eigenvalue weighted by Gasteiger charge is -2.27. The summed E-state index contributed by atoms with van der Waals surface area (Å²) in [6, 6.07) is 0.151. The zero-order valence-corrected chi connectivity index (χ0v) is 10.7. The molecule has 1 aliphatic carbocycles. The third kappa shape index (κ3) is 6.27. The molecule has 0 bridgehead atoms. The van der Waals surface area contributed by atoms with E-state index >= 15 is 0 Å². The van der Waals surface area contributed by atoms with Crippen molar-refractivity contribution in [1.82, 2.24) is 10.2 Å². The van der Waals surface area contributed by atoms with Crippen molar-refractivity contribution in [1.29, 1.82) is 0 Å². The topological polar surface area (TPSA) is 15.3 Å². The van der Waals surface area contributed by atoms with Gasteiger partial charge in [0.15, 0.2) is 0 Å². The highest BCUT2D eigenvalue weighted by Gasteiger charge is 2.27. The largest absolute Gasteiger partial charge is 0.401 e. The molecule has 0 aromatic carbocycles. The van der Waals surface area contributed by atoms with Gasteiger partial charge in [0.1, 0.15) is 0 Å². The Balaban J connectivity index is 2.15. The minimum atomic E-state index is -4.11. The van der Waals surface area contributed by atoms with E-state index in [0.29, 0.717) is 6.54 Å². The highest BCUT2D eigenvalue weighted by atomic mass is 19.4. The van der Waals surface area contributed by atoms with Crippen molar-refractivity contribution in [2.75, 3.05) is 26.7 Å². The highest BCUT2D eigenvalue weighted by Crippen LogP contribution is 2.25. The molecule has 1 fully saturated rings. The Kier molecular flexibility index (Phi) is 5.73. The van der Waals surface area contributed by atoms with Crippen LogP contribution < -0.4 is 5.32 Å². The van der Waals surface area contributed by atoms with Crippen LogP contribution in [0.5, 0.6) is 0 Å². The summed E-state index contributed by atoms with van der Waals surface area (Å²) in [5, 5.41) is 2.46. The number of hydrogen-bond acceptors (Lipinski definition) is 2. The van der Waals surface area contributed by atoms with Gasteiger partial charge in [-0.25, -0.2) is 0 Å². The summed E-state index contributed by atoms with van der Waals surface area (Å²) < 4.78 is 35.9. The van der Waals surface area contributed by atoms with Crippen molar-refractivity contribution in [2.24, 2.45) is 5.92 Å². The second-order valence-electron chi connectivity index (χ2n) is 5.19. The van der Waals surface area contributed by atoms with Crippen molar-refractivity contribution in [3.8, 4) is 0 Å². The standard InChI is InChI=1S/C12H23F3N2/c1-10(7-16-9-12(13,14)15)17(2)8-11-5-3-4-6-11/h10-11,16H,3-9H2,1-2H3. The van der Waals surface area contributed by atoms with Crippen LogP contribution in [0.3, 0.4) is 0 Å².